The summed E-state index contributed by atoms with van der Waals surface area (Å²) in [4.78, 5) is 36.4. The lowest BCUT2D eigenvalue weighted by Crippen LogP contribution is -2.56. The minimum absolute atomic E-state index is 0.204. The molecule has 0 radical (unpaired) electrons. The van der Waals surface area contributed by atoms with E-state index in [2.05, 4.69) is 0 Å². The van der Waals surface area contributed by atoms with Crippen molar-refractivity contribution in [2.24, 2.45) is 0 Å². The number of halogens is 1. The summed E-state index contributed by atoms with van der Waals surface area (Å²) in [6, 6.07) is 16.2. The lowest BCUT2D eigenvalue weighted by atomic mass is 9.85. The number of esters is 3. The van der Waals surface area contributed by atoms with E-state index in [4.69, 9.17) is 18.9 Å². The van der Waals surface area contributed by atoms with Crippen molar-refractivity contribution in [3.63, 3.8) is 0 Å². The van der Waals surface area contributed by atoms with Crippen LogP contribution in [0.5, 0.6) is 0 Å². The molecule has 1 fully saturated rings. The number of hydrogen-bond acceptors (Lipinski definition) is 7. The molecule has 4 atom stereocenters. The quantitative estimate of drug-likeness (QED) is 0.512. The third-order valence-electron chi connectivity index (χ3n) is 5.28. The number of rotatable bonds is 6. The third-order valence-corrected chi connectivity index (χ3v) is 5.28. The van der Waals surface area contributed by atoms with Gasteiger partial charge in [-0.1, -0.05) is 36.4 Å². The molecule has 2 aromatic rings. The first-order valence-corrected chi connectivity index (χ1v) is 9.67. The predicted octanol–water partition coefficient (Wildman–Crippen LogP) is 3.48. The summed E-state index contributed by atoms with van der Waals surface area (Å²) in [6.07, 6.45) is -2.88. The first kappa shape index (κ1) is 22.4. The van der Waals surface area contributed by atoms with Gasteiger partial charge in [-0.25, -0.2) is 14.0 Å². The second-order valence-electron chi connectivity index (χ2n) is 7.47. The maximum Gasteiger partial charge on any atom is 0.338 e. The molecule has 31 heavy (non-hydrogen) atoms. The molecular weight excluding hydrogens is 407 g/mol. The largest absolute Gasteiger partial charge is 0.459 e. The molecule has 2 aromatic carbocycles. The van der Waals surface area contributed by atoms with E-state index < -0.39 is 48.2 Å². The van der Waals surface area contributed by atoms with Crippen molar-refractivity contribution in [1.29, 1.82) is 0 Å². The molecule has 0 amide bonds. The maximum absolute atomic E-state index is 15.8. The first-order valence-electron chi connectivity index (χ1n) is 9.67. The van der Waals surface area contributed by atoms with Gasteiger partial charge in [-0.15, -0.1) is 0 Å². The lowest BCUT2D eigenvalue weighted by molar-refractivity contribution is -0.194. The van der Waals surface area contributed by atoms with Gasteiger partial charge in [-0.05, 0) is 38.1 Å². The van der Waals surface area contributed by atoms with Crippen molar-refractivity contribution in [3.8, 4) is 0 Å². The standard InChI is InChI=1S/C23H23FO7/c1-15(25)29-21-22(2,24)23(3,31-20(27)17-12-8-5-9-13-17)18(30-21)14-28-19(26)16-10-6-4-7-11-16/h4-13,18,21H,14H2,1-3H3/t18-,21?,22+,23?/m1/s1. The molecule has 1 aliphatic heterocycles. The molecule has 8 heteroatoms. The van der Waals surface area contributed by atoms with Gasteiger partial charge in [0.15, 0.2) is 5.60 Å². The van der Waals surface area contributed by atoms with Crippen molar-refractivity contribution < 1.29 is 37.7 Å². The third kappa shape index (κ3) is 4.59. The van der Waals surface area contributed by atoms with Crippen molar-refractivity contribution in [1.82, 2.24) is 0 Å². The number of ether oxygens (including phenoxy) is 4. The van der Waals surface area contributed by atoms with E-state index in [1.807, 2.05) is 0 Å². The summed E-state index contributed by atoms with van der Waals surface area (Å²) < 4.78 is 37.2. The van der Waals surface area contributed by atoms with Crippen LogP contribution in [-0.4, -0.2) is 48.2 Å². The zero-order chi connectivity index (χ0) is 22.6. The van der Waals surface area contributed by atoms with Crippen LogP contribution in [0.2, 0.25) is 0 Å². The van der Waals surface area contributed by atoms with Gasteiger partial charge in [0.2, 0.25) is 12.0 Å². The fourth-order valence-corrected chi connectivity index (χ4v) is 3.24. The van der Waals surface area contributed by atoms with Crippen molar-refractivity contribution >= 4 is 17.9 Å². The minimum atomic E-state index is -2.42. The van der Waals surface area contributed by atoms with Gasteiger partial charge in [0.25, 0.3) is 0 Å². The van der Waals surface area contributed by atoms with E-state index in [-0.39, 0.29) is 5.56 Å². The molecule has 0 saturated carbocycles. The van der Waals surface area contributed by atoms with Crippen LogP contribution in [-0.2, 0) is 23.7 Å². The Morgan fingerprint density at radius 1 is 0.935 bits per heavy atom. The van der Waals surface area contributed by atoms with E-state index in [1.54, 1.807) is 48.5 Å². The summed E-state index contributed by atoms with van der Waals surface area (Å²) in [5, 5.41) is 0. The summed E-state index contributed by atoms with van der Waals surface area (Å²) in [5.41, 5.74) is -3.84. The number of hydrogen-bond donors (Lipinski definition) is 0. The van der Waals surface area contributed by atoms with E-state index in [9.17, 15) is 14.4 Å². The highest BCUT2D eigenvalue weighted by Crippen LogP contribution is 2.46. The van der Waals surface area contributed by atoms with E-state index in [0.717, 1.165) is 13.8 Å². The van der Waals surface area contributed by atoms with E-state index in [0.29, 0.717) is 5.56 Å². The number of carbonyl (C=O) groups is 3. The van der Waals surface area contributed by atoms with Crippen LogP contribution in [0.1, 0.15) is 41.5 Å². The number of carbonyl (C=O) groups excluding carboxylic acids is 3. The molecule has 0 aliphatic carbocycles. The zero-order valence-electron chi connectivity index (χ0n) is 17.4. The van der Waals surface area contributed by atoms with Crippen LogP contribution in [0.4, 0.5) is 4.39 Å². The van der Waals surface area contributed by atoms with Crippen LogP contribution >= 0.6 is 0 Å². The highest BCUT2D eigenvalue weighted by molar-refractivity contribution is 5.90. The molecule has 164 valence electrons. The van der Waals surface area contributed by atoms with Crippen molar-refractivity contribution in [3.05, 3.63) is 71.8 Å². The Morgan fingerprint density at radius 2 is 1.45 bits per heavy atom. The van der Waals surface area contributed by atoms with E-state index in [1.165, 1.54) is 19.1 Å². The van der Waals surface area contributed by atoms with Crippen LogP contribution in [0.25, 0.3) is 0 Å². The molecule has 0 bridgehead atoms. The van der Waals surface area contributed by atoms with Gasteiger partial charge >= 0.3 is 17.9 Å². The second kappa shape index (κ2) is 8.85. The Kier molecular flexibility index (Phi) is 6.40. The smallest absolute Gasteiger partial charge is 0.338 e. The predicted molar refractivity (Wildman–Crippen MR) is 107 cm³/mol. The highest BCUT2D eigenvalue weighted by Gasteiger charge is 2.67. The van der Waals surface area contributed by atoms with Crippen LogP contribution < -0.4 is 0 Å². The monoisotopic (exact) mass is 430 g/mol. The second-order valence-corrected chi connectivity index (χ2v) is 7.47. The van der Waals surface area contributed by atoms with Gasteiger partial charge in [0.1, 0.15) is 12.7 Å². The molecule has 7 nitrogen and oxygen atoms in total. The summed E-state index contributed by atoms with van der Waals surface area (Å²) in [6.45, 7) is 3.11. The first-order chi connectivity index (χ1) is 14.6. The Bertz CT molecular complexity index is 945. The molecule has 2 unspecified atom stereocenters. The van der Waals surface area contributed by atoms with Gasteiger partial charge in [0.05, 0.1) is 11.1 Å². The van der Waals surface area contributed by atoms with Gasteiger partial charge in [-0.3, -0.25) is 4.79 Å². The molecule has 1 aliphatic rings. The SMILES string of the molecule is CC(=O)OC1O[C@H](COC(=O)c2ccccc2)C(C)(OC(=O)c2ccccc2)[C@@]1(C)F. The van der Waals surface area contributed by atoms with Crippen molar-refractivity contribution in [2.75, 3.05) is 6.61 Å². The Hall–Kier alpha value is -3.26. The summed E-state index contributed by atoms with van der Waals surface area (Å²) >= 11 is 0. The van der Waals surface area contributed by atoms with Crippen LogP contribution in [0, 0.1) is 0 Å². The van der Waals surface area contributed by atoms with E-state index >= 15 is 4.39 Å². The topological polar surface area (TPSA) is 88.1 Å². The van der Waals surface area contributed by atoms with Gasteiger partial charge in [0, 0.05) is 6.92 Å². The Balaban J connectivity index is 1.84. The van der Waals surface area contributed by atoms with Crippen molar-refractivity contribution in [2.45, 2.75) is 44.4 Å². The van der Waals surface area contributed by atoms with Crippen LogP contribution in [0.3, 0.4) is 0 Å². The molecule has 0 spiro atoms. The number of alkyl halides is 1. The average Bonchev–Trinajstić information content (AvgIpc) is 2.93. The van der Waals surface area contributed by atoms with Gasteiger partial charge < -0.3 is 18.9 Å². The highest BCUT2D eigenvalue weighted by atomic mass is 19.1. The summed E-state index contributed by atoms with van der Waals surface area (Å²) in [5.74, 6) is -2.22. The molecule has 1 saturated heterocycles. The maximum atomic E-state index is 15.8. The Morgan fingerprint density at radius 3 is 1.97 bits per heavy atom. The number of benzene rings is 2. The van der Waals surface area contributed by atoms with Gasteiger partial charge in [-0.2, -0.15) is 0 Å². The molecule has 0 aromatic heterocycles. The van der Waals surface area contributed by atoms with Crippen LogP contribution in [0.15, 0.2) is 60.7 Å². The zero-order valence-corrected chi connectivity index (χ0v) is 17.4. The average molecular weight is 430 g/mol. The fraction of sp³-hybridized carbons (Fsp3) is 0.348. The summed E-state index contributed by atoms with van der Waals surface area (Å²) in [7, 11) is 0. The normalized spacial score (nSPS) is 27.4. The Labute approximate surface area is 179 Å². The molecule has 0 N–H and O–H groups in total. The lowest BCUT2D eigenvalue weighted by Gasteiger charge is -2.36. The fourth-order valence-electron chi connectivity index (χ4n) is 3.24. The molecule has 3 rings (SSSR count). The molecule has 1 heterocycles. The molecular formula is C23H23FO7. The minimum Gasteiger partial charge on any atom is -0.459 e.